The quantitative estimate of drug-likeness (QED) is 0.494. The van der Waals surface area contributed by atoms with Crippen molar-refractivity contribution in [2.75, 3.05) is 0 Å². The molecule has 1 aliphatic carbocycles. The van der Waals surface area contributed by atoms with E-state index in [4.69, 9.17) is 0 Å². The monoisotopic (exact) mass is 350 g/mol. The Labute approximate surface area is 158 Å². The average Bonchev–Trinajstić information content (AvgIpc) is 2.32. The number of aliphatic hydroxyl groups is 1. The highest BCUT2D eigenvalue weighted by atomic mass is 16.3. The molecule has 148 valence electrons. The molecule has 0 spiro atoms. The van der Waals surface area contributed by atoms with E-state index in [1.807, 2.05) is 0 Å². The minimum atomic E-state index is -0.393. The maximum atomic E-state index is 12.2. The Bertz CT molecular complexity index is 480. The van der Waals surface area contributed by atoms with Crippen LogP contribution in [0.4, 0.5) is 0 Å². The molecule has 1 nitrogen and oxygen atoms in total. The molecule has 1 atom stereocenters. The van der Waals surface area contributed by atoms with E-state index in [2.05, 4.69) is 96.1 Å². The van der Waals surface area contributed by atoms with Crippen LogP contribution in [0.25, 0.3) is 0 Å². The predicted molar refractivity (Wildman–Crippen MR) is 112 cm³/mol. The van der Waals surface area contributed by atoms with Crippen LogP contribution in [0.3, 0.4) is 0 Å². The van der Waals surface area contributed by atoms with Gasteiger partial charge in [0.25, 0.3) is 0 Å². The Hall–Kier alpha value is -0.300. The van der Waals surface area contributed by atoms with Crippen molar-refractivity contribution in [1.29, 1.82) is 0 Å². The molecule has 1 aliphatic rings. The second kappa shape index (κ2) is 6.11. The summed E-state index contributed by atoms with van der Waals surface area (Å²) in [5, 5.41) is 12.2. The highest BCUT2D eigenvalue weighted by Crippen LogP contribution is 2.69. The molecule has 0 aromatic rings. The lowest BCUT2D eigenvalue weighted by atomic mass is 9.37. The van der Waals surface area contributed by atoms with E-state index in [0.717, 1.165) is 12.8 Å². The first-order chi connectivity index (χ1) is 10.8. The van der Waals surface area contributed by atoms with Gasteiger partial charge in [-0.15, -0.1) is 0 Å². The van der Waals surface area contributed by atoms with Gasteiger partial charge in [0.2, 0.25) is 0 Å². The number of rotatable bonds is 1. The Morgan fingerprint density at radius 3 is 1.40 bits per heavy atom. The zero-order valence-corrected chi connectivity index (χ0v) is 19.5. The first kappa shape index (κ1) is 22.7. The van der Waals surface area contributed by atoms with E-state index in [1.165, 1.54) is 5.57 Å². The topological polar surface area (TPSA) is 20.2 Å². The molecule has 0 aliphatic heterocycles. The van der Waals surface area contributed by atoms with Crippen LogP contribution in [-0.4, -0.2) is 11.2 Å². The Morgan fingerprint density at radius 1 is 0.800 bits per heavy atom. The number of hydrogen-bond acceptors (Lipinski definition) is 1. The SMILES string of the molecule is CCC1=CC(C(C)(C)C)(C(C)(C)C)C(O)C(C(C)(C)C)(C(C)(C)C)C1. The number of aliphatic hydroxyl groups excluding tert-OH is 1. The zero-order valence-electron chi connectivity index (χ0n) is 19.5. The summed E-state index contributed by atoms with van der Waals surface area (Å²) in [5.74, 6) is 0. The summed E-state index contributed by atoms with van der Waals surface area (Å²) in [7, 11) is 0. The van der Waals surface area contributed by atoms with Gasteiger partial charge in [0.1, 0.15) is 0 Å². The Morgan fingerprint density at radius 2 is 1.16 bits per heavy atom. The molecule has 0 radical (unpaired) electrons. The third-order valence-electron chi connectivity index (χ3n) is 7.45. The van der Waals surface area contributed by atoms with E-state index in [9.17, 15) is 5.11 Å². The van der Waals surface area contributed by atoms with Gasteiger partial charge in [-0.05, 0) is 34.5 Å². The molecule has 1 unspecified atom stereocenters. The molecule has 25 heavy (non-hydrogen) atoms. The molecule has 0 bridgehead atoms. The maximum absolute atomic E-state index is 12.2. The largest absolute Gasteiger partial charge is 0.392 e. The van der Waals surface area contributed by atoms with Crippen molar-refractivity contribution < 1.29 is 5.11 Å². The lowest BCUT2D eigenvalue weighted by Gasteiger charge is -2.68. The van der Waals surface area contributed by atoms with Crippen LogP contribution in [0, 0.1) is 32.5 Å². The average molecular weight is 351 g/mol. The molecule has 1 N–H and O–H groups in total. The fraction of sp³-hybridized carbons (Fsp3) is 0.917. The summed E-state index contributed by atoms with van der Waals surface area (Å²) in [6.07, 6.45) is 4.14. The van der Waals surface area contributed by atoms with Gasteiger partial charge in [-0.1, -0.05) is 102 Å². The van der Waals surface area contributed by atoms with E-state index in [-0.39, 0.29) is 32.5 Å². The Kier molecular flexibility index (Phi) is 5.56. The van der Waals surface area contributed by atoms with Crippen molar-refractivity contribution in [3.05, 3.63) is 11.6 Å². The summed E-state index contributed by atoms with van der Waals surface area (Å²) in [6, 6.07) is 0. The molecule has 1 heteroatoms. The van der Waals surface area contributed by atoms with Gasteiger partial charge < -0.3 is 5.11 Å². The molecule has 0 saturated carbocycles. The molecule has 1 rings (SSSR count). The lowest BCUT2D eigenvalue weighted by molar-refractivity contribution is -0.223. The summed E-state index contributed by atoms with van der Waals surface area (Å²) in [6.45, 7) is 30.1. The van der Waals surface area contributed by atoms with Crippen LogP contribution in [-0.2, 0) is 0 Å². The van der Waals surface area contributed by atoms with Crippen molar-refractivity contribution in [2.45, 2.75) is 109 Å². The van der Waals surface area contributed by atoms with E-state index >= 15 is 0 Å². The molecule has 0 amide bonds. The Balaban J connectivity index is 4.02. The van der Waals surface area contributed by atoms with Gasteiger partial charge in [-0.25, -0.2) is 0 Å². The summed E-state index contributed by atoms with van der Waals surface area (Å²) in [5.41, 5.74) is 0.994. The van der Waals surface area contributed by atoms with Gasteiger partial charge >= 0.3 is 0 Å². The molecular formula is C24H46O. The molecule has 0 aromatic carbocycles. The highest BCUT2D eigenvalue weighted by molar-refractivity contribution is 5.30. The van der Waals surface area contributed by atoms with Crippen LogP contribution in [0.2, 0.25) is 0 Å². The van der Waals surface area contributed by atoms with Gasteiger partial charge in [0, 0.05) is 10.8 Å². The summed E-state index contributed by atoms with van der Waals surface area (Å²) < 4.78 is 0. The minimum absolute atomic E-state index is 0.00109. The lowest BCUT2D eigenvalue weighted by Crippen LogP contribution is -2.67. The first-order valence-electron chi connectivity index (χ1n) is 10.2. The van der Waals surface area contributed by atoms with Crippen molar-refractivity contribution in [1.82, 2.24) is 0 Å². The number of allylic oxidation sites excluding steroid dienone is 1. The first-order valence-corrected chi connectivity index (χ1v) is 10.2. The van der Waals surface area contributed by atoms with Crippen molar-refractivity contribution >= 4 is 0 Å². The zero-order chi connectivity index (χ0) is 20.3. The van der Waals surface area contributed by atoms with Gasteiger partial charge in [-0.2, -0.15) is 0 Å². The second-order valence-corrected chi connectivity index (χ2v) is 12.6. The normalized spacial score (nSPS) is 24.9. The number of hydrogen-bond donors (Lipinski definition) is 1. The maximum Gasteiger partial charge on any atom is 0.0710 e. The minimum Gasteiger partial charge on any atom is -0.392 e. The summed E-state index contributed by atoms with van der Waals surface area (Å²) in [4.78, 5) is 0. The van der Waals surface area contributed by atoms with Crippen molar-refractivity contribution in [3.8, 4) is 0 Å². The van der Waals surface area contributed by atoms with Crippen LogP contribution in [0.1, 0.15) is 103 Å². The van der Waals surface area contributed by atoms with Crippen molar-refractivity contribution in [3.63, 3.8) is 0 Å². The fourth-order valence-electron chi connectivity index (χ4n) is 6.38. The molecule has 0 fully saturated rings. The van der Waals surface area contributed by atoms with E-state index in [0.29, 0.717) is 0 Å². The second-order valence-electron chi connectivity index (χ2n) is 12.6. The smallest absolute Gasteiger partial charge is 0.0710 e. The molecule has 0 aromatic heterocycles. The summed E-state index contributed by atoms with van der Waals surface area (Å²) >= 11 is 0. The predicted octanol–water partition coefficient (Wildman–Crippen LogP) is 7.24. The van der Waals surface area contributed by atoms with E-state index < -0.39 is 6.10 Å². The van der Waals surface area contributed by atoms with Crippen molar-refractivity contribution in [2.24, 2.45) is 32.5 Å². The molecule has 0 heterocycles. The standard InChI is InChI=1S/C24H46O/c1-14-17-15-23(19(2,3)4,20(5,6)7)18(25)24(16-17,21(8,9)10)22(11,12)13/h15,18,25H,14,16H2,1-13H3. The van der Waals surface area contributed by atoms with Crippen LogP contribution in [0.15, 0.2) is 11.6 Å². The fourth-order valence-corrected chi connectivity index (χ4v) is 6.38. The van der Waals surface area contributed by atoms with Gasteiger partial charge in [0.15, 0.2) is 0 Å². The molecular weight excluding hydrogens is 304 g/mol. The van der Waals surface area contributed by atoms with E-state index in [1.54, 1.807) is 0 Å². The van der Waals surface area contributed by atoms with Crippen LogP contribution in [0.5, 0.6) is 0 Å². The third-order valence-corrected chi connectivity index (χ3v) is 7.45. The van der Waals surface area contributed by atoms with Gasteiger partial charge in [-0.3, -0.25) is 0 Å². The molecule has 0 saturated heterocycles. The van der Waals surface area contributed by atoms with Crippen LogP contribution >= 0.6 is 0 Å². The van der Waals surface area contributed by atoms with Gasteiger partial charge in [0.05, 0.1) is 6.10 Å². The third kappa shape index (κ3) is 3.13. The highest BCUT2D eigenvalue weighted by Gasteiger charge is 2.67. The van der Waals surface area contributed by atoms with Crippen LogP contribution < -0.4 is 0 Å².